The molecule has 4 N–H and O–H groups in total. The van der Waals surface area contributed by atoms with Gasteiger partial charge in [-0.3, -0.25) is 5.41 Å². The van der Waals surface area contributed by atoms with Crippen LogP contribution in [0.4, 0.5) is 0 Å². The monoisotopic (exact) mass is 365 g/mol. The minimum atomic E-state index is 0. The Morgan fingerprint density at radius 1 is 1.00 bits per heavy atom. The van der Waals surface area contributed by atoms with E-state index >= 15 is 0 Å². The number of aryl methyl sites for hydroxylation is 1. The summed E-state index contributed by atoms with van der Waals surface area (Å²) in [5, 5.41) is 10.4. The first-order valence-corrected chi connectivity index (χ1v) is 9.88. The Hall–Kier alpha value is -1.22. The zero-order chi connectivity index (χ0) is 17.2. The number of nitrogens with one attached hydrogen (secondary N) is 2. The Balaban J connectivity index is 0.00000312. The first kappa shape index (κ1) is 21.8. The van der Waals surface area contributed by atoms with Crippen molar-refractivity contribution in [3.63, 3.8) is 0 Å². The van der Waals surface area contributed by atoms with Crippen molar-refractivity contribution in [2.45, 2.75) is 89.5 Å². The van der Waals surface area contributed by atoms with Crippen molar-refractivity contribution in [3.05, 3.63) is 35.4 Å². The highest BCUT2D eigenvalue weighted by atomic mass is 35.5. The van der Waals surface area contributed by atoms with Crippen LogP contribution in [0.3, 0.4) is 0 Å². The van der Waals surface area contributed by atoms with E-state index in [2.05, 4.69) is 36.5 Å². The number of benzene rings is 1. The number of guanidine groups is 1. The molecule has 1 aromatic rings. The molecule has 0 radical (unpaired) electrons. The molecule has 1 aliphatic rings. The molecule has 1 aromatic carbocycles. The summed E-state index contributed by atoms with van der Waals surface area (Å²) in [6, 6.07) is 9.75. The van der Waals surface area contributed by atoms with Crippen LogP contribution in [-0.2, 0) is 6.42 Å². The second-order valence-electron chi connectivity index (χ2n) is 7.37. The van der Waals surface area contributed by atoms with Gasteiger partial charge < -0.3 is 11.1 Å². The Bertz CT molecular complexity index is 478. The SMILES string of the molecule is CCCCCCCCc1ccc([C@H]2CC[C@H](NC(=N)N)CC2)cc1.Cl. The van der Waals surface area contributed by atoms with Crippen LogP contribution in [-0.4, -0.2) is 12.0 Å². The Kier molecular flexibility index (Phi) is 10.6. The number of hydrogen-bond donors (Lipinski definition) is 3. The molecule has 0 atom stereocenters. The van der Waals surface area contributed by atoms with Crippen molar-refractivity contribution >= 4 is 18.4 Å². The van der Waals surface area contributed by atoms with Crippen LogP contribution in [0.2, 0.25) is 0 Å². The highest BCUT2D eigenvalue weighted by molar-refractivity contribution is 5.85. The van der Waals surface area contributed by atoms with Gasteiger partial charge in [0.2, 0.25) is 0 Å². The third kappa shape index (κ3) is 8.13. The maximum absolute atomic E-state index is 7.34. The smallest absolute Gasteiger partial charge is 0.185 e. The van der Waals surface area contributed by atoms with Crippen molar-refractivity contribution in [3.8, 4) is 0 Å². The third-order valence-corrected chi connectivity index (χ3v) is 5.36. The van der Waals surface area contributed by atoms with Gasteiger partial charge in [-0.2, -0.15) is 0 Å². The molecule has 0 unspecified atom stereocenters. The van der Waals surface area contributed by atoms with Gasteiger partial charge in [0.05, 0.1) is 0 Å². The summed E-state index contributed by atoms with van der Waals surface area (Å²) in [4.78, 5) is 0. The molecule has 142 valence electrons. The lowest BCUT2D eigenvalue weighted by Crippen LogP contribution is -2.41. The number of unbranched alkanes of at least 4 members (excludes halogenated alkanes) is 5. The molecule has 0 saturated heterocycles. The maximum Gasteiger partial charge on any atom is 0.185 e. The lowest BCUT2D eigenvalue weighted by atomic mass is 9.81. The van der Waals surface area contributed by atoms with E-state index < -0.39 is 0 Å². The van der Waals surface area contributed by atoms with Gasteiger partial charge in [0, 0.05) is 6.04 Å². The number of nitrogens with two attached hydrogens (primary N) is 1. The van der Waals surface area contributed by atoms with Crippen molar-refractivity contribution in [1.29, 1.82) is 5.41 Å². The summed E-state index contributed by atoms with van der Waals surface area (Å²) in [6.45, 7) is 2.27. The zero-order valence-corrected chi connectivity index (χ0v) is 16.5. The fourth-order valence-electron chi connectivity index (χ4n) is 3.86. The quantitative estimate of drug-likeness (QED) is 0.306. The number of rotatable bonds is 9. The van der Waals surface area contributed by atoms with Gasteiger partial charge in [-0.25, -0.2) is 0 Å². The molecule has 4 heteroatoms. The van der Waals surface area contributed by atoms with Crippen molar-refractivity contribution in [1.82, 2.24) is 5.32 Å². The Labute approximate surface area is 160 Å². The van der Waals surface area contributed by atoms with Crippen LogP contribution in [0, 0.1) is 5.41 Å². The van der Waals surface area contributed by atoms with Gasteiger partial charge in [0.15, 0.2) is 5.96 Å². The van der Waals surface area contributed by atoms with E-state index in [0.717, 1.165) is 12.8 Å². The second kappa shape index (κ2) is 12.2. The number of halogens is 1. The summed E-state index contributed by atoms with van der Waals surface area (Å²) < 4.78 is 0. The largest absolute Gasteiger partial charge is 0.370 e. The van der Waals surface area contributed by atoms with E-state index in [1.807, 2.05) is 0 Å². The van der Waals surface area contributed by atoms with Crippen molar-refractivity contribution < 1.29 is 0 Å². The standard InChI is InChI=1S/C21H35N3.ClH/c1-2-3-4-5-6-7-8-17-9-11-18(12-10-17)19-13-15-20(16-14-19)24-21(22)23;/h9-12,19-20H,2-8,13-16H2,1H3,(H4,22,23,24);1H/t19-,20-;. The zero-order valence-electron chi connectivity index (χ0n) is 15.7. The van der Waals surface area contributed by atoms with E-state index in [1.54, 1.807) is 0 Å². The van der Waals surface area contributed by atoms with Gasteiger partial charge in [-0.05, 0) is 55.6 Å². The van der Waals surface area contributed by atoms with Gasteiger partial charge in [-0.15, -0.1) is 12.4 Å². The van der Waals surface area contributed by atoms with Crippen LogP contribution < -0.4 is 11.1 Å². The van der Waals surface area contributed by atoms with E-state index in [1.165, 1.54) is 68.9 Å². The summed E-state index contributed by atoms with van der Waals surface area (Å²) in [6.07, 6.45) is 14.0. The van der Waals surface area contributed by atoms with Gasteiger partial charge in [-0.1, -0.05) is 63.3 Å². The Morgan fingerprint density at radius 3 is 2.20 bits per heavy atom. The fraction of sp³-hybridized carbons (Fsp3) is 0.667. The molecule has 1 fully saturated rings. The number of hydrogen-bond acceptors (Lipinski definition) is 1. The topological polar surface area (TPSA) is 61.9 Å². The van der Waals surface area contributed by atoms with Gasteiger partial charge in [0.1, 0.15) is 0 Å². The second-order valence-corrected chi connectivity index (χ2v) is 7.37. The highest BCUT2D eigenvalue weighted by Gasteiger charge is 2.22. The minimum absolute atomic E-state index is 0. The lowest BCUT2D eigenvalue weighted by molar-refractivity contribution is 0.372. The molecule has 0 heterocycles. The lowest BCUT2D eigenvalue weighted by Gasteiger charge is -2.29. The summed E-state index contributed by atoms with van der Waals surface area (Å²) in [5.41, 5.74) is 8.41. The summed E-state index contributed by atoms with van der Waals surface area (Å²) in [5.74, 6) is 0.788. The van der Waals surface area contributed by atoms with E-state index in [4.69, 9.17) is 11.1 Å². The van der Waals surface area contributed by atoms with E-state index in [-0.39, 0.29) is 18.4 Å². The van der Waals surface area contributed by atoms with Gasteiger partial charge >= 0.3 is 0 Å². The van der Waals surface area contributed by atoms with E-state index in [0.29, 0.717) is 12.0 Å². The Morgan fingerprint density at radius 2 is 1.60 bits per heavy atom. The molecule has 0 aromatic heterocycles. The predicted octanol–water partition coefficient (Wildman–Crippen LogP) is 5.52. The predicted molar refractivity (Wildman–Crippen MR) is 111 cm³/mol. The first-order chi connectivity index (χ1) is 11.7. The molecule has 25 heavy (non-hydrogen) atoms. The van der Waals surface area contributed by atoms with E-state index in [9.17, 15) is 0 Å². The fourth-order valence-corrected chi connectivity index (χ4v) is 3.86. The average Bonchev–Trinajstić information content (AvgIpc) is 2.59. The van der Waals surface area contributed by atoms with Gasteiger partial charge in [0.25, 0.3) is 0 Å². The third-order valence-electron chi connectivity index (χ3n) is 5.36. The molecule has 0 bridgehead atoms. The molecule has 1 saturated carbocycles. The normalized spacial score (nSPS) is 19.9. The molecule has 2 rings (SSSR count). The maximum atomic E-state index is 7.34. The average molecular weight is 366 g/mol. The molecular formula is C21H36ClN3. The molecule has 1 aliphatic carbocycles. The van der Waals surface area contributed by atoms with Crippen LogP contribution in [0.1, 0.15) is 88.2 Å². The molecule has 0 aliphatic heterocycles. The van der Waals surface area contributed by atoms with Crippen molar-refractivity contribution in [2.75, 3.05) is 0 Å². The van der Waals surface area contributed by atoms with Crippen LogP contribution in [0.15, 0.2) is 24.3 Å². The minimum Gasteiger partial charge on any atom is -0.370 e. The molecular weight excluding hydrogens is 330 g/mol. The van der Waals surface area contributed by atoms with Crippen LogP contribution in [0.5, 0.6) is 0 Å². The summed E-state index contributed by atoms with van der Waals surface area (Å²) >= 11 is 0. The van der Waals surface area contributed by atoms with Crippen LogP contribution in [0.25, 0.3) is 0 Å². The first-order valence-electron chi connectivity index (χ1n) is 9.88. The molecule has 0 spiro atoms. The molecule has 3 nitrogen and oxygen atoms in total. The highest BCUT2D eigenvalue weighted by Crippen LogP contribution is 2.33. The molecule has 0 amide bonds. The van der Waals surface area contributed by atoms with Crippen molar-refractivity contribution in [2.24, 2.45) is 5.73 Å². The summed E-state index contributed by atoms with van der Waals surface area (Å²) in [7, 11) is 0. The van der Waals surface area contributed by atoms with Crippen LogP contribution >= 0.6 is 12.4 Å².